The molecule has 0 aliphatic carbocycles. The number of aromatic nitrogens is 1. The van der Waals surface area contributed by atoms with Gasteiger partial charge in [-0.15, -0.1) is 0 Å². The van der Waals surface area contributed by atoms with Crippen molar-refractivity contribution in [3.8, 4) is 5.75 Å². The highest BCUT2D eigenvalue weighted by molar-refractivity contribution is 5.93. The minimum atomic E-state index is -0.123. The lowest BCUT2D eigenvalue weighted by Crippen LogP contribution is -2.30. The predicted molar refractivity (Wildman–Crippen MR) is 99.3 cm³/mol. The van der Waals surface area contributed by atoms with E-state index in [1.807, 2.05) is 36.4 Å². The van der Waals surface area contributed by atoms with Crippen LogP contribution in [-0.4, -0.2) is 37.6 Å². The van der Waals surface area contributed by atoms with Crippen LogP contribution in [0.1, 0.15) is 35.3 Å². The van der Waals surface area contributed by atoms with Crippen molar-refractivity contribution in [1.82, 2.24) is 10.3 Å². The summed E-state index contributed by atoms with van der Waals surface area (Å²) in [6, 6.07) is 11.8. The Balaban J connectivity index is 1.55. The number of ether oxygens (including phenoxy) is 1. The molecule has 1 aromatic carbocycles. The zero-order chi connectivity index (χ0) is 17.5. The van der Waals surface area contributed by atoms with Gasteiger partial charge in [0.1, 0.15) is 11.4 Å². The van der Waals surface area contributed by atoms with E-state index in [9.17, 15) is 4.79 Å². The molecule has 3 rings (SSSR count). The lowest BCUT2D eigenvalue weighted by Gasteiger charge is -2.28. The fourth-order valence-corrected chi connectivity index (χ4v) is 3.13. The van der Waals surface area contributed by atoms with Crippen molar-refractivity contribution in [3.05, 3.63) is 53.9 Å². The standard InChI is InChI=1S/C20H25N3O2/c1-25-18-7-5-6-16(14-18)8-10-22-20(24)19-15-17(9-11-21-19)23-12-3-2-4-13-23/h5-7,9,11,14-15H,2-4,8,10,12-13H2,1H3,(H,22,24). The van der Waals surface area contributed by atoms with Crippen molar-refractivity contribution in [2.45, 2.75) is 25.7 Å². The van der Waals surface area contributed by atoms with Gasteiger partial charge in [-0.25, -0.2) is 0 Å². The second-order valence-electron chi connectivity index (χ2n) is 6.30. The van der Waals surface area contributed by atoms with Gasteiger partial charge in [-0.3, -0.25) is 9.78 Å². The fraction of sp³-hybridized carbons (Fsp3) is 0.400. The Labute approximate surface area is 149 Å². The molecule has 0 saturated carbocycles. The van der Waals surface area contributed by atoms with E-state index in [1.54, 1.807) is 13.3 Å². The van der Waals surface area contributed by atoms with Crippen LogP contribution in [0.3, 0.4) is 0 Å². The monoisotopic (exact) mass is 339 g/mol. The number of hydrogen-bond acceptors (Lipinski definition) is 4. The average Bonchev–Trinajstić information content (AvgIpc) is 2.69. The number of carbonyl (C=O) groups is 1. The summed E-state index contributed by atoms with van der Waals surface area (Å²) in [5.41, 5.74) is 2.70. The maximum atomic E-state index is 12.4. The van der Waals surface area contributed by atoms with Crippen molar-refractivity contribution >= 4 is 11.6 Å². The molecule has 5 nitrogen and oxygen atoms in total. The van der Waals surface area contributed by atoms with E-state index in [1.165, 1.54) is 19.3 Å². The van der Waals surface area contributed by atoms with E-state index in [4.69, 9.17) is 4.74 Å². The van der Waals surface area contributed by atoms with Crippen molar-refractivity contribution in [1.29, 1.82) is 0 Å². The maximum Gasteiger partial charge on any atom is 0.269 e. The zero-order valence-corrected chi connectivity index (χ0v) is 14.7. The number of nitrogens with zero attached hydrogens (tertiary/aromatic N) is 2. The third kappa shape index (κ3) is 4.72. The van der Waals surface area contributed by atoms with Gasteiger partial charge in [0.05, 0.1) is 7.11 Å². The van der Waals surface area contributed by atoms with Gasteiger partial charge < -0.3 is 15.0 Å². The maximum absolute atomic E-state index is 12.4. The summed E-state index contributed by atoms with van der Waals surface area (Å²) in [6.07, 6.45) is 6.20. The molecule has 0 spiro atoms. The van der Waals surface area contributed by atoms with Gasteiger partial charge in [0.15, 0.2) is 0 Å². The van der Waals surface area contributed by atoms with E-state index in [2.05, 4.69) is 15.2 Å². The van der Waals surface area contributed by atoms with Crippen LogP contribution < -0.4 is 15.0 Å². The molecular formula is C20H25N3O2. The smallest absolute Gasteiger partial charge is 0.269 e. The Kier molecular flexibility index (Phi) is 5.88. The summed E-state index contributed by atoms with van der Waals surface area (Å²) in [6.45, 7) is 2.68. The third-order valence-electron chi connectivity index (χ3n) is 4.53. The number of methoxy groups -OCH3 is 1. The molecule has 1 amide bonds. The lowest BCUT2D eigenvalue weighted by atomic mass is 10.1. The predicted octanol–water partition coefficient (Wildman–Crippen LogP) is 3.05. The third-order valence-corrected chi connectivity index (χ3v) is 4.53. The molecule has 132 valence electrons. The van der Waals surface area contributed by atoms with E-state index >= 15 is 0 Å². The number of hydrogen-bond donors (Lipinski definition) is 1. The highest BCUT2D eigenvalue weighted by Crippen LogP contribution is 2.19. The van der Waals surface area contributed by atoms with Gasteiger partial charge in [-0.05, 0) is 55.5 Å². The average molecular weight is 339 g/mol. The van der Waals surface area contributed by atoms with Gasteiger partial charge in [0.2, 0.25) is 0 Å². The second-order valence-corrected chi connectivity index (χ2v) is 6.30. The van der Waals surface area contributed by atoms with E-state index in [0.29, 0.717) is 12.2 Å². The lowest BCUT2D eigenvalue weighted by molar-refractivity contribution is 0.0949. The quantitative estimate of drug-likeness (QED) is 0.879. The van der Waals surface area contributed by atoms with Gasteiger partial charge in [0, 0.05) is 31.5 Å². The molecule has 0 bridgehead atoms. The highest BCUT2D eigenvalue weighted by atomic mass is 16.5. The number of amides is 1. The van der Waals surface area contributed by atoms with Crippen molar-refractivity contribution in [2.75, 3.05) is 31.6 Å². The van der Waals surface area contributed by atoms with Crippen LogP contribution in [0.2, 0.25) is 0 Å². The van der Waals surface area contributed by atoms with Crippen LogP contribution >= 0.6 is 0 Å². The normalized spacial score (nSPS) is 14.2. The Bertz CT molecular complexity index is 712. The Hall–Kier alpha value is -2.56. The SMILES string of the molecule is COc1cccc(CCNC(=O)c2cc(N3CCCCC3)ccn2)c1. The van der Waals surface area contributed by atoms with Crippen LogP contribution in [0, 0.1) is 0 Å². The number of nitrogens with one attached hydrogen (secondary N) is 1. The topological polar surface area (TPSA) is 54.5 Å². The van der Waals surface area contributed by atoms with Crippen LogP contribution in [0.15, 0.2) is 42.6 Å². The molecule has 5 heteroatoms. The number of rotatable bonds is 6. The van der Waals surface area contributed by atoms with Gasteiger partial charge >= 0.3 is 0 Å². The highest BCUT2D eigenvalue weighted by Gasteiger charge is 2.14. The molecule has 2 aromatic rings. The summed E-state index contributed by atoms with van der Waals surface area (Å²) in [5.74, 6) is 0.710. The molecule has 0 atom stereocenters. The molecule has 0 unspecified atom stereocenters. The molecule has 1 aromatic heterocycles. The molecule has 1 aliphatic rings. The molecule has 1 fully saturated rings. The van der Waals surface area contributed by atoms with Gasteiger partial charge in [-0.1, -0.05) is 12.1 Å². The van der Waals surface area contributed by atoms with E-state index in [0.717, 1.165) is 36.5 Å². The molecule has 0 radical (unpaired) electrons. The van der Waals surface area contributed by atoms with Crippen LogP contribution in [0.25, 0.3) is 0 Å². The van der Waals surface area contributed by atoms with Crippen molar-refractivity contribution < 1.29 is 9.53 Å². The molecule has 1 aliphatic heterocycles. The summed E-state index contributed by atoms with van der Waals surface area (Å²) < 4.78 is 5.22. The number of pyridine rings is 1. The first-order valence-electron chi connectivity index (χ1n) is 8.88. The minimum absolute atomic E-state index is 0.123. The second kappa shape index (κ2) is 8.51. The summed E-state index contributed by atoms with van der Waals surface area (Å²) in [5, 5.41) is 2.95. The summed E-state index contributed by atoms with van der Waals surface area (Å²) in [7, 11) is 1.65. The van der Waals surface area contributed by atoms with Crippen LogP contribution in [0.5, 0.6) is 5.75 Å². The minimum Gasteiger partial charge on any atom is -0.497 e. The first-order valence-corrected chi connectivity index (χ1v) is 8.88. The summed E-state index contributed by atoms with van der Waals surface area (Å²) >= 11 is 0. The van der Waals surface area contributed by atoms with Gasteiger partial charge in [0.25, 0.3) is 5.91 Å². The molecule has 1 N–H and O–H groups in total. The largest absolute Gasteiger partial charge is 0.497 e. The molecule has 25 heavy (non-hydrogen) atoms. The molecule has 2 heterocycles. The van der Waals surface area contributed by atoms with Crippen molar-refractivity contribution in [3.63, 3.8) is 0 Å². The Morgan fingerprint density at radius 3 is 2.84 bits per heavy atom. The van der Waals surface area contributed by atoms with E-state index in [-0.39, 0.29) is 5.91 Å². The molecular weight excluding hydrogens is 314 g/mol. The van der Waals surface area contributed by atoms with Crippen molar-refractivity contribution in [2.24, 2.45) is 0 Å². The van der Waals surface area contributed by atoms with Gasteiger partial charge in [-0.2, -0.15) is 0 Å². The first kappa shape index (κ1) is 17.3. The number of piperidine rings is 1. The molecule has 1 saturated heterocycles. The number of anilines is 1. The zero-order valence-electron chi connectivity index (χ0n) is 14.7. The Morgan fingerprint density at radius 2 is 2.04 bits per heavy atom. The van der Waals surface area contributed by atoms with Crippen LogP contribution in [-0.2, 0) is 6.42 Å². The fourth-order valence-electron chi connectivity index (χ4n) is 3.13. The number of benzene rings is 1. The van der Waals surface area contributed by atoms with E-state index < -0.39 is 0 Å². The first-order chi connectivity index (χ1) is 12.3. The number of carbonyl (C=O) groups excluding carboxylic acids is 1. The van der Waals surface area contributed by atoms with Crippen LogP contribution in [0.4, 0.5) is 5.69 Å². The summed E-state index contributed by atoms with van der Waals surface area (Å²) in [4.78, 5) is 18.9. The Morgan fingerprint density at radius 1 is 1.20 bits per heavy atom.